The lowest BCUT2D eigenvalue weighted by Gasteiger charge is -2.43. The van der Waals surface area contributed by atoms with Gasteiger partial charge >= 0.3 is 13.1 Å². The van der Waals surface area contributed by atoms with Crippen LogP contribution in [0.4, 0.5) is 5.69 Å². The molecule has 3 atom stereocenters. The van der Waals surface area contributed by atoms with E-state index in [1.165, 1.54) is 0 Å². The number of benzene rings is 1. The van der Waals surface area contributed by atoms with Gasteiger partial charge in [-0.3, -0.25) is 4.79 Å². The highest BCUT2D eigenvalue weighted by molar-refractivity contribution is 6.40. The summed E-state index contributed by atoms with van der Waals surface area (Å²) in [7, 11) is 2.19. The Morgan fingerprint density at radius 2 is 1.89 bits per heavy atom. The summed E-state index contributed by atoms with van der Waals surface area (Å²) in [6.45, 7) is 0.546. The van der Waals surface area contributed by atoms with Crippen LogP contribution >= 0.6 is 24.8 Å². The van der Waals surface area contributed by atoms with E-state index in [0.29, 0.717) is 25.8 Å². The Labute approximate surface area is 179 Å². The van der Waals surface area contributed by atoms with Crippen LogP contribution in [-0.4, -0.2) is 54.5 Å². The van der Waals surface area contributed by atoms with Crippen LogP contribution in [0.2, 0.25) is 6.32 Å². The molecule has 10 heteroatoms. The monoisotopic (exact) mass is 436 g/mol. The van der Waals surface area contributed by atoms with Gasteiger partial charge in [-0.25, -0.2) is 0 Å². The number of hydrogen-bond donors (Lipinski definition) is 4. The minimum Gasteiger partial charge on any atom is -0.497 e. The van der Waals surface area contributed by atoms with Gasteiger partial charge in [-0.15, -0.1) is 24.8 Å². The SMILES string of the molecule is COc1ccc(N(C)C[C@@H]2CC[C@@H](CCB(O)O)C[C@]2(N)C(=O)O)cc1.Cl.Cl. The predicted molar refractivity (Wildman–Crippen MR) is 116 cm³/mol. The molecule has 0 radical (unpaired) electrons. The maximum atomic E-state index is 11.9. The van der Waals surface area contributed by atoms with Crippen molar-refractivity contribution in [3.63, 3.8) is 0 Å². The molecule has 1 aliphatic rings. The molecule has 1 saturated carbocycles. The van der Waals surface area contributed by atoms with Gasteiger partial charge in [-0.2, -0.15) is 0 Å². The number of rotatable bonds is 8. The Balaban J connectivity index is 0.00000364. The molecule has 28 heavy (non-hydrogen) atoms. The maximum Gasteiger partial charge on any atom is 0.451 e. The van der Waals surface area contributed by atoms with Crippen molar-refractivity contribution in [2.24, 2.45) is 17.6 Å². The minimum atomic E-state index is -1.36. The summed E-state index contributed by atoms with van der Waals surface area (Å²) < 4.78 is 5.16. The largest absolute Gasteiger partial charge is 0.497 e. The number of ether oxygens (including phenoxy) is 1. The number of carboxylic acid groups (broad SMARTS) is 1. The number of nitrogens with zero attached hydrogens (tertiary/aromatic N) is 1. The van der Waals surface area contributed by atoms with Crippen LogP contribution in [0.5, 0.6) is 5.75 Å². The lowest BCUT2D eigenvalue weighted by molar-refractivity contribution is -0.147. The number of carboxylic acids is 1. The summed E-state index contributed by atoms with van der Waals surface area (Å²) in [6.07, 6.45) is 2.73. The summed E-state index contributed by atoms with van der Waals surface area (Å²) in [4.78, 5) is 13.9. The van der Waals surface area contributed by atoms with Crippen LogP contribution in [0.1, 0.15) is 25.7 Å². The fraction of sp³-hybridized carbons (Fsp3) is 0.611. The topological polar surface area (TPSA) is 116 Å². The maximum absolute atomic E-state index is 11.9. The predicted octanol–water partition coefficient (Wildman–Crippen LogP) is 2.04. The minimum absolute atomic E-state index is 0. The standard InChI is InChI=1S/C18H29BN2O5.2ClH/c1-21(15-5-7-16(26-2)8-6-15)12-14-4-3-13(9-10-19(24)25)11-18(14,20)17(22)23;;/h5-8,13-14,24-25H,3-4,9-12,20H2,1-2H3,(H,22,23);2*1H/t13-,14-,18+;;/m0../s1. The van der Waals surface area contributed by atoms with Crippen molar-refractivity contribution < 1.29 is 24.7 Å². The van der Waals surface area contributed by atoms with Crippen LogP contribution in [0, 0.1) is 11.8 Å². The van der Waals surface area contributed by atoms with Gasteiger partial charge in [0.05, 0.1) is 7.11 Å². The third kappa shape index (κ3) is 6.70. The fourth-order valence-corrected chi connectivity index (χ4v) is 3.86. The second-order valence-electron chi connectivity index (χ2n) is 7.33. The van der Waals surface area contributed by atoms with Crippen molar-refractivity contribution in [1.29, 1.82) is 0 Å². The lowest BCUT2D eigenvalue weighted by Crippen LogP contribution is -2.59. The van der Waals surface area contributed by atoms with Gasteiger partial charge in [0.25, 0.3) is 0 Å². The van der Waals surface area contributed by atoms with E-state index < -0.39 is 18.6 Å². The molecule has 1 fully saturated rings. The van der Waals surface area contributed by atoms with E-state index in [4.69, 9.17) is 20.5 Å². The quantitative estimate of drug-likeness (QED) is 0.460. The molecule has 0 amide bonds. The van der Waals surface area contributed by atoms with E-state index in [-0.39, 0.29) is 43.0 Å². The zero-order valence-corrected chi connectivity index (χ0v) is 17.9. The van der Waals surface area contributed by atoms with Crippen LogP contribution in [0.15, 0.2) is 24.3 Å². The van der Waals surface area contributed by atoms with Crippen molar-refractivity contribution in [3.8, 4) is 5.75 Å². The molecule has 1 aliphatic carbocycles. The average Bonchev–Trinajstić information content (AvgIpc) is 2.61. The lowest BCUT2D eigenvalue weighted by atomic mass is 9.66. The van der Waals surface area contributed by atoms with Crippen molar-refractivity contribution in [2.45, 2.75) is 37.5 Å². The number of anilines is 1. The molecule has 0 spiro atoms. The number of nitrogens with two attached hydrogens (primary N) is 1. The van der Waals surface area contributed by atoms with E-state index in [1.807, 2.05) is 36.2 Å². The van der Waals surface area contributed by atoms with Gasteiger partial charge in [0, 0.05) is 25.2 Å². The van der Waals surface area contributed by atoms with Crippen molar-refractivity contribution in [2.75, 3.05) is 25.6 Å². The summed E-state index contributed by atoms with van der Waals surface area (Å²) in [5.74, 6) is -0.296. The van der Waals surface area contributed by atoms with Gasteiger partial charge < -0.3 is 30.5 Å². The molecule has 2 rings (SSSR count). The smallest absolute Gasteiger partial charge is 0.451 e. The van der Waals surface area contributed by atoms with Crippen molar-refractivity contribution >= 4 is 43.6 Å². The van der Waals surface area contributed by atoms with Gasteiger partial charge in [0.2, 0.25) is 0 Å². The first-order valence-electron chi connectivity index (χ1n) is 9.00. The molecule has 0 bridgehead atoms. The summed E-state index contributed by atoms with van der Waals surface area (Å²) in [5.41, 5.74) is 6.02. The zero-order valence-electron chi connectivity index (χ0n) is 16.3. The first-order valence-corrected chi connectivity index (χ1v) is 9.00. The molecule has 160 valence electrons. The van der Waals surface area contributed by atoms with E-state index in [1.54, 1.807) is 7.11 Å². The first-order chi connectivity index (χ1) is 12.3. The molecule has 1 aromatic carbocycles. The van der Waals surface area contributed by atoms with Crippen molar-refractivity contribution in [1.82, 2.24) is 0 Å². The molecule has 5 N–H and O–H groups in total. The average molecular weight is 437 g/mol. The molecule has 1 aromatic rings. The summed E-state index contributed by atoms with van der Waals surface area (Å²) in [5, 5.41) is 27.9. The highest BCUT2D eigenvalue weighted by Gasteiger charge is 2.47. The number of methoxy groups -OCH3 is 1. The van der Waals surface area contributed by atoms with Crippen LogP contribution in [-0.2, 0) is 4.79 Å². The van der Waals surface area contributed by atoms with Crippen molar-refractivity contribution in [3.05, 3.63) is 24.3 Å². The third-order valence-corrected chi connectivity index (χ3v) is 5.52. The van der Waals surface area contributed by atoms with Crippen LogP contribution in [0.3, 0.4) is 0 Å². The van der Waals surface area contributed by atoms with Gasteiger partial charge in [-0.05, 0) is 55.8 Å². The number of carbonyl (C=O) groups is 1. The Morgan fingerprint density at radius 3 is 2.39 bits per heavy atom. The molecule has 7 nitrogen and oxygen atoms in total. The van der Waals surface area contributed by atoms with Gasteiger partial charge in [0.15, 0.2) is 0 Å². The Bertz CT molecular complexity index is 608. The second kappa shape index (κ2) is 11.7. The first kappa shape index (κ1) is 26.8. The molecule has 0 aliphatic heterocycles. The number of aliphatic carboxylic acids is 1. The molecular formula is C18H31BCl2N2O5. The van der Waals surface area contributed by atoms with E-state index >= 15 is 0 Å². The Morgan fingerprint density at radius 1 is 1.29 bits per heavy atom. The van der Waals surface area contributed by atoms with E-state index in [2.05, 4.69) is 0 Å². The van der Waals surface area contributed by atoms with Gasteiger partial charge in [0.1, 0.15) is 11.3 Å². The molecule has 0 heterocycles. The fourth-order valence-electron chi connectivity index (χ4n) is 3.86. The van der Waals surface area contributed by atoms with Crippen LogP contribution in [0.25, 0.3) is 0 Å². The number of hydrogen-bond acceptors (Lipinski definition) is 6. The van der Waals surface area contributed by atoms with E-state index in [9.17, 15) is 9.90 Å². The summed E-state index contributed by atoms with van der Waals surface area (Å²) in [6, 6.07) is 7.61. The molecular weight excluding hydrogens is 406 g/mol. The summed E-state index contributed by atoms with van der Waals surface area (Å²) >= 11 is 0. The molecule has 0 aromatic heterocycles. The highest BCUT2D eigenvalue weighted by Crippen LogP contribution is 2.39. The van der Waals surface area contributed by atoms with Gasteiger partial charge in [-0.1, -0.05) is 6.42 Å². The Kier molecular flexibility index (Phi) is 11.2. The Hall–Kier alpha value is -1.19. The van der Waals surface area contributed by atoms with Crippen LogP contribution < -0.4 is 15.4 Å². The second-order valence-corrected chi connectivity index (χ2v) is 7.33. The third-order valence-electron chi connectivity index (χ3n) is 5.52. The number of halogens is 2. The van der Waals surface area contributed by atoms with E-state index in [0.717, 1.165) is 17.9 Å². The molecule has 0 unspecified atom stereocenters. The highest BCUT2D eigenvalue weighted by atomic mass is 35.5. The zero-order chi connectivity index (χ0) is 19.3. The molecule has 0 saturated heterocycles. The normalized spacial score (nSPS) is 23.8.